The lowest BCUT2D eigenvalue weighted by Crippen LogP contribution is -2.40. The Morgan fingerprint density at radius 3 is 2.87 bits per heavy atom. The Morgan fingerprint density at radius 2 is 2.27 bits per heavy atom. The maximum atomic E-state index is 11.2. The van der Waals surface area contributed by atoms with Crippen LogP contribution >= 0.6 is 0 Å². The highest BCUT2D eigenvalue weighted by molar-refractivity contribution is 7.84. The zero-order valence-corrected chi connectivity index (χ0v) is 10.8. The van der Waals surface area contributed by atoms with Gasteiger partial charge < -0.3 is 10.1 Å². The standard InChI is InChI=1S/C11H23NO2S/c1-9(15(3)13)8-12-10-5-4-6-11(7-10)14-2/h9-12H,4-8H2,1-3H3. The van der Waals surface area contributed by atoms with E-state index in [9.17, 15) is 4.21 Å². The predicted octanol–water partition coefficient (Wildman–Crippen LogP) is 1.30. The van der Waals surface area contributed by atoms with Crippen LogP contribution in [0.4, 0.5) is 0 Å². The third-order valence-electron chi connectivity index (χ3n) is 3.22. The second-order valence-corrected chi connectivity index (χ2v) is 6.24. The molecule has 90 valence electrons. The molecule has 0 amide bonds. The molecule has 3 nitrogen and oxygen atoms in total. The summed E-state index contributed by atoms with van der Waals surface area (Å²) in [6.07, 6.45) is 6.93. The molecular formula is C11H23NO2S. The predicted molar refractivity (Wildman–Crippen MR) is 64.6 cm³/mol. The Kier molecular flexibility index (Phi) is 5.79. The van der Waals surface area contributed by atoms with Crippen LogP contribution in [0.5, 0.6) is 0 Å². The molecule has 0 aromatic heterocycles. The molecule has 1 rings (SSSR count). The van der Waals surface area contributed by atoms with E-state index < -0.39 is 10.8 Å². The summed E-state index contributed by atoms with van der Waals surface area (Å²) < 4.78 is 16.6. The minimum absolute atomic E-state index is 0.243. The maximum Gasteiger partial charge on any atom is 0.0586 e. The summed E-state index contributed by atoms with van der Waals surface area (Å²) in [6, 6.07) is 0.551. The third kappa shape index (κ3) is 4.62. The van der Waals surface area contributed by atoms with Crippen molar-refractivity contribution in [1.29, 1.82) is 0 Å². The van der Waals surface area contributed by atoms with Crippen molar-refractivity contribution in [2.24, 2.45) is 0 Å². The van der Waals surface area contributed by atoms with Crippen LogP contribution in [0, 0.1) is 0 Å². The molecule has 1 saturated carbocycles. The fourth-order valence-corrected chi connectivity index (χ4v) is 2.33. The van der Waals surface area contributed by atoms with Gasteiger partial charge in [0.2, 0.25) is 0 Å². The fourth-order valence-electron chi connectivity index (χ4n) is 1.99. The molecule has 0 bridgehead atoms. The number of methoxy groups -OCH3 is 1. The molecule has 1 aliphatic carbocycles. The quantitative estimate of drug-likeness (QED) is 0.778. The molecule has 0 aromatic carbocycles. The van der Waals surface area contributed by atoms with Crippen molar-refractivity contribution in [2.45, 2.75) is 50.0 Å². The largest absolute Gasteiger partial charge is 0.381 e. The van der Waals surface area contributed by atoms with Crippen molar-refractivity contribution >= 4 is 10.8 Å². The van der Waals surface area contributed by atoms with E-state index >= 15 is 0 Å². The number of ether oxygens (including phenoxy) is 1. The summed E-state index contributed by atoms with van der Waals surface area (Å²) in [6.45, 7) is 2.88. The van der Waals surface area contributed by atoms with Crippen LogP contribution in [0.15, 0.2) is 0 Å². The Hall–Kier alpha value is 0.0700. The second kappa shape index (κ2) is 6.61. The van der Waals surface area contributed by atoms with Gasteiger partial charge >= 0.3 is 0 Å². The van der Waals surface area contributed by atoms with Crippen molar-refractivity contribution in [3.05, 3.63) is 0 Å². The Morgan fingerprint density at radius 1 is 1.53 bits per heavy atom. The molecule has 1 fully saturated rings. The van der Waals surface area contributed by atoms with Gasteiger partial charge in [-0.1, -0.05) is 0 Å². The summed E-state index contributed by atoms with van der Waals surface area (Å²) in [5.74, 6) is 0. The molecule has 0 heterocycles. The molecule has 4 atom stereocenters. The van der Waals surface area contributed by atoms with Gasteiger partial charge in [-0.2, -0.15) is 0 Å². The van der Waals surface area contributed by atoms with Gasteiger partial charge in [-0.25, -0.2) is 0 Å². The van der Waals surface area contributed by atoms with Crippen LogP contribution in [0.2, 0.25) is 0 Å². The maximum absolute atomic E-state index is 11.2. The van der Waals surface area contributed by atoms with E-state index in [1.54, 1.807) is 13.4 Å². The van der Waals surface area contributed by atoms with Gasteiger partial charge in [0, 0.05) is 42.0 Å². The molecule has 1 aliphatic rings. The molecule has 0 spiro atoms. The molecule has 0 radical (unpaired) electrons. The van der Waals surface area contributed by atoms with Crippen LogP contribution in [0.1, 0.15) is 32.6 Å². The number of hydrogen-bond donors (Lipinski definition) is 1. The van der Waals surface area contributed by atoms with Crippen LogP contribution < -0.4 is 5.32 Å². The summed E-state index contributed by atoms with van der Waals surface area (Å²) in [5.41, 5.74) is 0. The Balaban J connectivity index is 2.23. The van der Waals surface area contributed by atoms with E-state index in [2.05, 4.69) is 5.32 Å². The van der Waals surface area contributed by atoms with Crippen LogP contribution in [-0.2, 0) is 15.5 Å². The zero-order valence-electron chi connectivity index (χ0n) is 9.99. The summed E-state index contributed by atoms with van der Waals surface area (Å²) in [5, 5.41) is 3.74. The lowest BCUT2D eigenvalue weighted by Gasteiger charge is -2.29. The Bertz CT molecular complexity index is 211. The first-order valence-corrected chi connectivity index (χ1v) is 7.34. The SMILES string of the molecule is COC1CCCC(NCC(C)S(C)=O)C1. The first kappa shape index (κ1) is 13.1. The smallest absolute Gasteiger partial charge is 0.0586 e. The van der Waals surface area contributed by atoms with Gasteiger partial charge in [-0.3, -0.25) is 4.21 Å². The first-order valence-electron chi connectivity index (χ1n) is 5.72. The van der Waals surface area contributed by atoms with E-state index in [-0.39, 0.29) is 5.25 Å². The number of hydrogen-bond acceptors (Lipinski definition) is 3. The lowest BCUT2D eigenvalue weighted by molar-refractivity contribution is 0.0590. The summed E-state index contributed by atoms with van der Waals surface area (Å²) in [7, 11) is 1.07. The van der Waals surface area contributed by atoms with Crippen LogP contribution in [0.25, 0.3) is 0 Å². The van der Waals surface area contributed by atoms with Gasteiger partial charge in [0.1, 0.15) is 0 Å². The Labute approximate surface area is 95.4 Å². The first-order chi connectivity index (χ1) is 7.13. The number of nitrogens with one attached hydrogen (secondary N) is 1. The van der Waals surface area contributed by atoms with E-state index in [0.717, 1.165) is 13.0 Å². The van der Waals surface area contributed by atoms with E-state index in [1.165, 1.54) is 19.3 Å². The molecular weight excluding hydrogens is 210 g/mol. The van der Waals surface area contributed by atoms with Crippen molar-refractivity contribution in [2.75, 3.05) is 19.9 Å². The molecule has 1 N–H and O–H groups in total. The lowest BCUT2D eigenvalue weighted by atomic mass is 9.93. The fraction of sp³-hybridized carbons (Fsp3) is 1.00. The van der Waals surface area contributed by atoms with Crippen molar-refractivity contribution in [3.63, 3.8) is 0 Å². The van der Waals surface area contributed by atoms with E-state index in [4.69, 9.17) is 4.74 Å². The zero-order chi connectivity index (χ0) is 11.3. The molecule has 0 aromatic rings. The highest BCUT2D eigenvalue weighted by Gasteiger charge is 2.21. The normalized spacial score (nSPS) is 31.1. The van der Waals surface area contributed by atoms with E-state index in [1.807, 2.05) is 6.92 Å². The number of rotatable bonds is 5. The topological polar surface area (TPSA) is 38.3 Å². The van der Waals surface area contributed by atoms with Gasteiger partial charge in [0.25, 0.3) is 0 Å². The molecule has 4 unspecified atom stereocenters. The van der Waals surface area contributed by atoms with Crippen LogP contribution in [0.3, 0.4) is 0 Å². The average molecular weight is 233 g/mol. The van der Waals surface area contributed by atoms with Gasteiger partial charge in [-0.15, -0.1) is 0 Å². The van der Waals surface area contributed by atoms with Crippen molar-refractivity contribution in [3.8, 4) is 0 Å². The molecule has 0 saturated heterocycles. The van der Waals surface area contributed by atoms with Crippen molar-refractivity contribution < 1.29 is 8.95 Å². The third-order valence-corrected chi connectivity index (χ3v) is 4.52. The molecule has 4 heteroatoms. The second-order valence-electron chi connectivity index (χ2n) is 4.44. The van der Waals surface area contributed by atoms with Gasteiger partial charge in [0.15, 0.2) is 0 Å². The highest BCUT2D eigenvalue weighted by atomic mass is 32.2. The van der Waals surface area contributed by atoms with Gasteiger partial charge in [0.05, 0.1) is 6.10 Å². The summed E-state index contributed by atoms with van der Waals surface area (Å²) >= 11 is 0. The van der Waals surface area contributed by atoms with Crippen LogP contribution in [-0.4, -0.2) is 41.5 Å². The average Bonchev–Trinajstić information content (AvgIpc) is 2.26. The molecule has 0 aliphatic heterocycles. The highest BCUT2D eigenvalue weighted by Crippen LogP contribution is 2.20. The minimum atomic E-state index is -0.719. The minimum Gasteiger partial charge on any atom is -0.381 e. The van der Waals surface area contributed by atoms with Gasteiger partial charge in [-0.05, 0) is 32.6 Å². The van der Waals surface area contributed by atoms with Crippen molar-refractivity contribution in [1.82, 2.24) is 5.32 Å². The summed E-state index contributed by atoms with van der Waals surface area (Å²) in [4.78, 5) is 0. The van der Waals surface area contributed by atoms with E-state index in [0.29, 0.717) is 12.1 Å². The molecule has 15 heavy (non-hydrogen) atoms. The monoisotopic (exact) mass is 233 g/mol.